The van der Waals surface area contributed by atoms with Gasteiger partial charge in [0.05, 0.1) is 7.11 Å². The average molecular weight is 318 g/mol. The number of thioether (sulfide) groups is 1. The second kappa shape index (κ2) is 5.38. The Morgan fingerprint density at radius 2 is 1.82 bits per heavy atom. The molecule has 0 atom stereocenters. The number of aromatic nitrogens is 2. The molecule has 0 radical (unpaired) electrons. The van der Waals surface area contributed by atoms with Crippen LogP contribution in [0.25, 0.3) is 0 Å². The Kier molecular flexibility index (Phi) is 3.53. The molecule has 22 heavy (non-hydrogen) atoms. The van der Waals surface area contributed by atoms with Crippen molar-refractivity contribution in [2.45, 2.75) is 4.90 Å². The van der Waals surface area contributed by atoms with Crippen molar-refractivity contribution in [1.82, 2.24) is 9.13 Å². The Hall–Kier alpha value is -2.48. The Morgan fingerprint density at radius 1 is 1.14 bits per heavy atom. The van der Waals surface area contributed by atoms with Crippen LogP contribution in [0.1, 0.15) is 5.56 Å². The SMILES string of the molecule is COc1ccc(C2=NNc3c(c(=O)n(C)c(=O)n3C)S2)cc1. The highest BCUT2D eigenvalue weighted by molar-refractivity contribution is 8.14. The van der Waals surface area contributed by atoms with Crippen LogP contribution >= 0.6 is 11.8 Å². The summed E-state index contributed by atoms with van der Waals surface area (Å²) in [5, 5.41) is 4.91. The van der Waals surface area contributed by atoms with Gasteiger partial charge in [-0.15, -0.1) is 0 Å². The molecule has 0 amide bonds. The second-order valence-electron chi connectivity index (χ2n) is 4.74. The topological polar surface area (TPSA) is 77.6 Å². The van der Waals surface area contributed by atoms with Gasteiger partial charge in [0.2, 0.25) is 0 Å². The largest absolute Gasteiger partial charge is 0.497 e. The lowest BCUT2D eigenvalue weighted by Gasteiger charge is -2.19. The lowest BCUT2D eigenvalue weighted by molar-refractivity contribution is 0.415. The number of anilines is 1. The summed E-state index contributed by atoms with van der Waals surface area (Å²) < 4.78 is 7.58. The van der Waals surface area contributed by atoms with E-state index in [9.17, 15) is 9.59 Å². The summed E-state index contributed by atoms with van der Waals surface area (Å²) in [5.41, 5.74) is 2.94. The normalized spacial score (nSPS) is 13.1. The van der Waals surface area contributed by atoms with Gasteiger partial charge in [-0.3, -0.25) is 19.4 Å². The summed E-state index contributed by atoms with van der Waals surface area (Å²) in [7, 11) is 4.66. The zero-order chi connectivity index (χ0) is 15.9. The van der Waals surface area contributed by atoms with Gasteiger partial charge in [0.1, 0.15) is 21.5 Å². The molecular formula is C14H14N4O3S. The minimum Gasteiger partial charge on any atom is -0.497 e. The van der Waals surface area contributed by atoms with E-state index < -0.39 is 0 Å². The molecule has 1 aromatic heterocycles. The summed E-state index contributed by atoms with van der Waals surface area (Å²) >= 11 is 1.24. The van der Waals surface area contributed by atoms with Crippen LogP contribution in [-0.2, 0) is 14.1 Å². The van der Waals surface area contributed by atoms with Crippen LogP contribution < -0.4 is 21.4 Å². The van der Waals surface area contributed by atoms with Gasteiger partial charge in [-0.25, -0.2) is 4.79 Å². The summed E-state index contributed by atoms with van der Waals surface area (Å²) in [4.78, 5) is 24.6. The third-order valence-electron chi connectivity index (χ3n) is 3.42. The highest BCUT2D eigenvalue weighted by atomic mass is 32.2. The third kappa shape index (κ3) is 2.21. The number of nitrogens with zero attached hydrogens (tertiary/aromatic N) is 3. The lowest BCUT2D eigenvalue weighted by atomic mass is 10.2. The molecule has 7 nitrogen and oxygen atoms in total. The molecule has 0 bridgehead atoms. The highest BCUT2D eigenvalue weighted by Gasteiger charge is 2.22. The van der Waals surface area contributed by atoms with Crippen LogP contribution in [0.15, 0.2) is 43.9 Å². The first-order valence-electron chi connectivity index (χ1n) is 6.49. The van der Waals surface area contributed by atoms with E-state index in [1.165, 1.54) is 23.4 Å². The first-order chi connectivity index (χ1) is 10.5. The van der Waals surface area contributed by atoms with Gasteiger partial charge in [0.25, 0.3) is 5.56 Å². The van der Waals surface area contributed by atoms with E-state index >= 15 is 0 Å². The van der Waals surface area contributed by atoms with Crippen LogP contribution in [0.2, 0.25) is 0 Å². The van der Waals surface area contributed by atoms with Crippen LogP contribution in [0.4, 0.5) is 5.82 Å². The number of benzene rings is 1. The molecule has 1 N–H and O–H groups in total. The molecule has 0 fully saturated rings. The molecule has 0 saturated carbocycles. The number of methoxy groups -OCH3 is 1. The van der Waals surface area contributed by atoms with E-state index in [4.69, 9.17) is 4.74 Å². The molecule has 2 aromatic rings. The van der Waals surface area contributed by atoms with E-state index in [-0.39, 0.29) is 11.2 Å². The highest BCUT2D eigenvalue weighted by Crippen LogP contribution is 2.30. The third-order valence-corrected chi connectivity index (χ3v) is 4.51. The van der Waals surface area contributed by atoms with Crippen molar-refractivity contribution in [3.8, 4) is 5.75 Å². The molecule has 8 heteroatoms. The molecule has 0 saturated heterocycles. The van der Waals surface area contributed by atoms with Crippen LogP contribution in [0, 0.1) is 0 Å². The van der Waals surface area contributed by atoms with Crippen LogP contribution in [-0.4, -0.2) is 21.3 Å². The van der Waals surface area contributed by atoms with Gasteiger partial charge in [0, 0.05) is 19.7 Å². The minimum absolute atomic E-state index is 0.337. The minimum atomic E-state index is -0.389. The molecule has 1 aliphatic heterocycles. The van der Waals surface area contributed by atoms with Crippen LogP contribution in [0.5, 0.6) is 5.75 Å². The van der Waals surface area contributed by atoms with Gasteiger partial charge in [-0.2, -0.15) is 5.10 Å². The van der Waals surface area contributed by atoms with Gasteiger partial charge in [0.15, 0.2) is 0 Å². The fraction of sp³-hybridized carbons (Fsp3) is 0.214. The van der Waals surface area contributed by atoms with Crippen molar-refractivity contribution in [3.05, 3.63) is 50.7 Å². The Labute approximate surface area is 130 Å². The van der Waals surface area contributed by atoms with E-state index in [2.05, 4.69) is 10.5 Å². The quantitative estimate of drug-likeness (QED) is 0.893. The predicted molar refractivity (Wildman–Crippen MR) is 85.9 cm³/mol. The molecule has 2 heterocycles. The molecule has 1 aromatic carbocycles. The number of hydrogen-bond acceptors (Lipinski definition) is 6. The number of nitrogens with one attached hydrogen (secondary N) is 1. The number of fused-ring (bicyclic) bond motifs is 1. The van der Waals surface area contributed by atoms with Gasteiger partial charge in [-0.1, -0.05) is 11.8 Å². The maximum absolute atomic E-state index is 12.3. The van der Waals surface area contributed by atoms with Gasteiger partial charge in [-0.05, 0) is 24.3 Å². The molecule has 3 rings (SSSR count). The summed E-state index contributed by atoms with van der Waals surface area (Å²) in [5.74, 6) is 1.16. The number of hydrazone groups is 1. The van der Waals surface area contributed by atoms with E-state index in [0.717, 1.165) is 15.9 Å². The molecule has 0 aliphatic carbocycles. The maximum atomic E-state index is 12.3. The zero-order valence-corrected chi connectivity index (χ0v) is 13.1. The van der Waals surface area contributed by atoms with Gasteiger partial charge < -0.3 is 4.74 Å². The van der Waals surface area contributed by atoms with E-state index in [1.54, 1.807) is 14.2 Å². The lowest BCUT2D eigenvalue weighted by Crippen LogP contribution is -2.39. The number of ether oxygens (including phenoxy) is 1. The number of rotatable bonds is 2. The molecule has 0 unspecified atom stereocenters. The maximum Gasteiger partial charge on any atom is 0.332 e. The summed E-state index contributed by atoms with van der Waals surface area (Å²) in [6, 6.07) is 7.38. The van der Waals surface area contributed by atoms with Crippen molar-refractivity contribution >= 4 is 22.6 Å². The van der Waals surface area contributed by atoms with Crippen molar-refractivity contribution in [2.75, 3.05) is 12.5 Å². The molecule has 1 aliphatic rings. The van der Waals surface area contributed by atoms with Crippen molar-refractivity contribution in [3.63, 3.8) is 0 Å². The Balaban J connectivity index is 2.05. The Morgan fingerprint density at radius 3 is 2.45 bits per heavy atom. The second-order valence-corrected chi connectivity index (χ2v) is 5.74. The molecule has 0 spiro atoms. The Bertz CT molecular complexity index is 881. The van der Waals surface area contributed by atoms with E-state index in [1.807, 2.05) is 24.3 Å². The zero-order valence-electron chi connectivity index (χ0n) is 12.3. The first kappa shape index (κ1) is 14.5. The summed E-state index contributed by atoms with van der Waals surface area (Å²) in [6.45, 7) is 0. The average Bonchev–Trinajstić information content (AvgIpc) is 2.57. The molecule has 114 valence electrons. The van der Waals surface area contributed by atoms with Crippen molar-refractivity contribution < 1.29 is 4.74 Å². The van der Waals surface area contributed by atoms with Crippen LogP contribution in [0.3, 0.4) is 0 Å². The number of hydrogen-bond donors (Lipinski definition) is 1. The first-order valence-corrected chi connectivity index (χ1v) is 7.30. The van der Waals surface area contributed by atoms with Crippen molar-refractivity contribution in [2.24, 2.45) is 19.2 Å². The predicted octanol–water partition coefficient (Wildman–Crippen LogP) is 0.972. The summed E-state index contributed by atoms with van der Waals surface area (Å²) in [6.07, 6.45) is 0. The fourth-order valence-electron chi connectivity index (χ4n) is 2.11. The monoisotopic (exact) mass is 318 g/mol. The van der Waals surface area contributed by atoms with Gasteiger partial charge >= 0.3 is 5.69 Å². The standard InChI is InChI=1S/C14H14N4O3S/c1-17-11-10(13(19)18(2)14(17)20)22-12(16-15-11)8-4-6-9(21-3)7-5-8/h4-7,15H,1-3H3. The van der Waals surface area contributed by atoms with Crippen molar-refractivity contribution in [1.29, 1.82) is 0 Å². The fourth-order valence-corrected chi connectivity index (χ4v) is 3.15. The molecular weight excluding hydrogens is 304 g/mol. The van der Waals surface area contributed by atoms with E-state index in [0.29, 0.717) is 15.8 Å². The smallest absolute Gasteiger partial charge is 0.332 e.